The first-order valence-corrected chi connectivity index (χ1v) is 10.7. The van der Waals surface area contributed by atoms with Crippen LogP contribution in [0.5, 0.6) is 0 Å². The van der Waals surface area contributed by atoms with Gasteiger partial charge in [0, 0.05) is 12.3 Å². The lowest BCUT2D eigenvalue weighted by molar-refractivity contribution is -0.139. The van der Waals surface area contributed by atoms with E-state index < -0.39 is 42.5 Å². The van der Waals surface area contributed by atoms with Gasteiger partial charge in [-0.3, -0.25) is 0 Å². The topological polar surface area (TPSA) is 80.3 Å². The van der Waals surface area contributed by atoms with Crippen molar-refractivity contribution in [3.05, 3.63) is 59.7 Å². The van der Waals surface area contributed by atoms with Crippen LogP contribution < -0.4 is 4.72 Å². The van der Waals surface area contributed by atoms with Gasteiger partial charge >= 0.3 is 6.18 Å². The second-order valence-electron chi connectivity index (χ2n) is 5.68. The molecule has 2 aromatic carbocycles. The van der Waals surface area contributed by atoms with Gasteiger partial charge in [0.05, 0.1) is 15.4 Å². The van der Waals surface area contributed by atoms with E-state index in [1.807, 2.05) is 0 Å². The molecule has 1 N–H and O–H groups in total. The molecule has 0 spiro atoms. The molecular weight excluding hydrogens is 391 g/mol. The fourth-order valence-electron chi connectivity index (χ4n) is 2.30. The summed E-state index contributed by atoms with van der Waals surface area (Å²) in [7, 11) is -7.86. The number of benzene rings is 2. The highest BCUT2D eigenvalue weighted by atomic mass is 32.2. The van der Waals surface area contributed by atoms with E-state index in [0.717, 1.165) is 18.4 Å². The van der Waals surface area contributed by atoms with Crippen LogP contribution in [0.3, 0.4) is 0 Å². The Morgan fingerprint density at radius 3 is 1.96 bits per heavy atom. The summed E-state index contributed by atoms with van der Waals surface area (Å²) in [6.45, 7) is 1.45. The Kier molecular flexibility index (Phi) is 5.50. The molecule has 0 saturated carbocycles. The van der Waals surface area contributed by atoms with Crippen LogP contribution >= 0.6 is 0 Å². The summed E-state index contributed by atoms with van der Waals surface area (Å²) in [4.78, 5) is -0.814. The van der Waals surface area contributed by atoms with Gasteiger partial charge in [0.2, 0.25) is 10.0 Å². The molecule has 2 aromatic rings. The van der Waals surface area contributed by atoms with Gasteiger partial charge in [-0.05, 0) is 36.8 Å². The summed E-state index contributed by atoms with van der Waals surface area (Å²) < 4.78 is 89.0. The van der Waals surface area contributed by atoms with Gasteiger partial charge in [0.15, 0.2) is 9.84 Å². The highest BCUT2D eigenvalue weighted by Crippen LogP contribution is 2.34. The SMILES string of the molecule is CC(NS(=O)(=O)c1ccccc1C(F)(F)F)c1ccc(S(C)(=O)=O)cc1. The lowest BCUT2D eigenvalue weighted by Crippen LogP contribution is -2.29. The number of hydrogen-bond acceptors (Lipinski definition) is 4. The first kappa shape index (κ1) is 20.4. The molecule has 2 rings (SSSR count). The molecule has 0 aliphatic rings. The van der Waals surface area contributed by atoms with Crippen molar-refractivity contribution in [2.24, 2.45) is 0 Å². The fraction of sp³-hybridized carbons (Fsp3) is 0.250. The van der Waals surface area contributed by atoms with Crippen LogP contribution in [-0.2, 0) is 26.0 Å². The first-order chi connectivity index (χ1) is 11.8. The minimum atomic E-state index is -4.81. The van der Waals surface area contributed by atoms with Gasteiger partial charge in [-0.25, -0.2) is 21.6 Å². The molecule has 0 bridgehead atoms. The molecule has 0 heterocycles. The molecule has 0 aliphatic heterocycles. The van der Waals surface area contributed by atoms with Crippen LogP contribution in [0.4, 0.5) is 13.2 Å². The van der Waals surface area contributed by atoms with Crippen molar-refractivity contribution in [2.75, 3.05) is 6.26 Å². The molecule has 0 aromatic heterocycles. The molecule has 142 valence electrons. The van der Waals surface area contributed by atoms with Crippen molar-refractivity contribution in [3.63, 3.8) is 0 Å². The second kappa shape index (κ2) is 7.01. The van der Waals surface area contributed by atoms with Crippen LogP contribution in [0.2, 0.25) is 0 Å². The zero-order chi connectivity index (χ0) is 19.8. The monoisotopic (exact) mass is 407 g/mol. The van der Waals surface area contributed by atoms with Gasteiger partial charge in [-0.1, -0.05) is 24.3 Å². The molecule has 1 unspecified atom stereocenters. The quantitative estimate of drug-likeness (QED) is 0.826. The third-order valence-electron chi connectivity index (χ3n) is 3.62. The van der Waals surface area contributed by atoms with E-state index in [1.165, 1.54) is 37.3 Å². The van der Waals surface area contributed by atoms with Gasteiger partial charge in [0.1, 0.15) is 0 Å². The molecule has 26 heavy (non-hydrogen) atoms. The van der Waals surface area contributed by atoms with Crippen LogP contribution in [0.25, 0.3) is 0 Å². The number of rotatable bonds is 5. The molecule has 5 nitrogen and oxygen atoms in total. The lowest BCUT2D eigenvalue weighted by Gasteiger charge is -2.18. The Hall–Kier alpha value is -1.91. The molecule has 0 aliphatic carbocycles. The van der Waals surface area contributed by atoms with E-state index in [1.54, 1.807) is 0 Å². The molecule has 1 atom stereocenters. The largest absolute Gasteiger partial charge is 0.417 e. The van der Waals surface area contributed by atoms with Crippen molar-refractivity contribution >= 4 is 19.9 Å². The van der Waals surface area contributed by atoms with E-state index in [2.05, 4.69) is 4.72 Å². The van der Waals surface area contributed by atoms with Crippen molar-refractivity contribution in [1.29, 1.82) is 0 Å². The number of hydrogen-bond donors (Lipinski definition) is 1. The summed E-state index contributed by atoms with van der Waals surface area (Å²) in [5.74, 6) is 0. The summed E-state index contributed by atoms with van der Waals surface area (Å²) in [6.07, 6.45) is -3.78. The van der Waals surface area contributed by atoms with Crippen LogP contribution in [0.15, 0.2) is 58.3 Å². The van der Waals surface area contributed by atoms with Crippen molar-refractivity contribution < 1.29 is 30.0 Å². The predicted molar refractivity (Wildman–Crippen MR) is 89.7 cm³/mol. The standard InChI is InChI=1S/C16H16F3NO4S2/c1-11(12-7-9-13(10-8-12)25(2,21)22)20-26(23,24)15-6-4-3-5-14(15)16(17,18)19/h3-11,20H,1-2H3. The summed E-state index contributed by atoms with van der Waals surface area (Å²) in [5, 5.41) is 0. The average molecular weight is 407 g/mol. The van der Waals surface area contributed by atoms with Gasteiger partial charge in [0.25, 0.3) is 0 Å². The van der Waals surface area contributed by atoms with Crippen molar-refractivity contribution in [3.8, 4) is 0 Å². The zero-order valence-corrected chi connectivity index (χ0v) is 15.4. The minimum absolute atomic E-state index is 0.0544. The normalized spacial score (nSPS) is 14.2. The third kappa shape index (κ3) is 4.63. The average Bonchev–Trinajstić information content (AvgIpc) is 2.53. The van der Waals surface area contributed by atoms with Crippen LogP contribution in [0, 0.1) is 0 Å². The third-order valence-corrected chi connectivity index (χ3v) is 6.35. The minimum Gasteiger partial charge on any atom is -0.224 e. The second-order valence-corrected chi connectivity index (χ2v) is 9.38. The van der Waals surface area contributed by atoms with Gasteiger partial charge in [-0.2, -0.15) is 13.2 Å². The smallest absolute Gasteiger partial charge is 0.224 e. The lowest BCUT2D eigenvalue weighted by atomic mass is 10.1. The van der Waals surface area contributed by atoms with Gasteiger partial charge in [-0.15, -0.1) is 0 Å². The molecule has 10 heteroatoms. The summed E-state index contributed by atoms with van der Waals surface area (Å²) >= 11 is 0. The Balaban J connectivity index is 2.33. The molecule has 0 amide bonds. The molecule has 0 radical (unpaired) electrons. The predicted octanol–water partition coefficient (Wildman–Crippen LogP) is 3.15. The summed E-state index contributed by atoms with van der Waals surface area (Å²) in [5.41, 5.74) is -0.849. The maximum absolute atomic E-state index is 13.0. The van der Waals surface area contributed by atoms with E-state index in [-0.39, 0.29) is 4.90 Å². The maximum atomic E-state index is 13.0. The van der Waals surface area contributed by atoms with E-state index in [0.29, 0.717) is 11.6 Å². The van der Waals surface area contributed by atoms with Crippen LogP contribution in [0.1, 0.15) is 24.1 Å². The number of sulfone groups is 1. The Morgan fingerprint density at radius 1 is 0.923 bits per heavy atom. The first-order valence-electron chi connectivity index (χ1n) is 7.31. The zero-order valence-electron chi connectivity index (χ0n) is 13.8. The maximum Gasteiger partial charge on any atom is 0.417 e. The van der Waals surface area contributed by atoms with Crippen molar-refractivity contribution in [2.45, 2.75) is 28.9 Å². The van der Waals surface area contributed by atoms with Gasteiger partial charge < -0.3 is 0 Å². The highest BCUT2D eigenvalue weighted by molar-refractivity contribution is 7.90. The van der Waals surface area contributed by atoms with E-state index in [4.69, 9.17) is 0 Å². The van der Waals surface area contributed by atoms with Crippen molar-refractivity contribution in [1.82, 2.24) is 4.72 Å². The van der Waals surface area contributed by atoms with E-state index >= 15 is 0 Å². The van der Waals surface area contributed by atoms with Crippen LogP contribution in [-0.4, -0.2) is 23.1 Å². The number of halogens is 3. The Bertz CT molecular complexity index is 999. The molecule has 0 saturated heterocycles. The number of nitrogens with one attached hydrogen (secondary N) is 1. The summed E-state index contributed by atoms with van der Waals surface area (Å²) in [6, 6.07) is 8.43. The Labute approximate surface area is 149 Å². The number of alkyl halides is 3. The number of sulfonamides is 1. The fourth-order valence-corrected chi connectivity index (χ4v) is 4.39. The molecule has 0 fully saturated rings. The highest BCUT2D eigenvalue weighted by Gasteiger charge is 2.37. The Morgan fingerprint density at radius 2 is 1.46 bits per heavy atom. The van der Waals surface area contributed by atoms with E-state index in [9.17, 15) is 30.0 Å². The molecular formula is C16H16F3NO4S2.